The number of anilines is 1. The molecular formula is C19H12F3N3O4S. The molecule has 2 aromatic heterocycles. The molecule has 0 unspecified atom stereocenters. The Bertz CT molecular complexity index is 1200. The van der Waals surface area contributed by atoms with E-state index in [0.717, 1.165) is 23.0 Å². The standard InChI is InChI=1S/C19H12F3N3O4S/c1-27-11-4-2-10(3-5-11)14-9-15(29-25-14)17(26)24-18-23-13-7-6-12(8-16(13)30-18)28-19(20,21)22/h2-9H,1H3,(H,23,24,26). The van der Waals surface area contributed by atoms with Crippen molar-refractivity contribution in [2.75, 3.05) is 12.4 Å². The number of thiazole rings is 1. The Morgan fingerprint density at radius 1 is 1.10 bits per heavy atom. The minimum atomic E-state index is -4.79. The smallest absolute Gasteiger partial charge is 0.497 e. The van der Waals surface area contributed by atoms with Crippen molar-refractivity contribution in [3.05, 3.63) is 54.3 Å². The van der Waals surface area contributed by atoms with Gasteiger partial charge >= 0.3 is 6.36 Å². The van der Waals surface area contributed by atoms with E-state index in [0.29, 0.717) is 21.7 Å². The molecule has 0 saturated heterocycles. The number of rotatable bonds is 5. The molecule has 30 heavy (non-hydrogen) atoms. The van der Waals surface area contributed by atoms with Crippen molar-refractivity contribution in [3.63, 3.8) is 0 Å². The monoisotopic (exact) mass is 435 g/mol. The number of nitrogens with zero attached hydrogens (tertiary/aromatic N) is 2. The van der Waals surface area contributed by atoms with Gasteiger partial charge in [0.15, 0.2) is 5.13 Å². The van der Waals surface area contributed by atoms with E-state index in [2.05, 4.69) is 20.2 Å². The van der Waals surface area contributed by atoms with Crippen LogP contribution in [0.3, 0.4) is 0 Å². The number of fused-ring (bicyclic) bond motifs is 1. The van der Waals surface area contributed by atoms with Gasteiger partial charge in [0.1, 0.15) is 17.2 Å². The molecule has 0 atom stereocenters. The van der Waals surface area contributed by atoms with Crippen LogP contribution in [-0.4, -0.2) is 29.5 Å². The predicted molar refractivity (Wildman–Crippen MR) is 103 cm³/mol. The summed E-state index contributed by atoms with van der Waals surface area (Å²) >= 11 is 1.00. The quantitative estimate of drug-likeness (QED) is 0.469. The molecule has 0 aliphatic heterocycles. The van der Waals surface area contributed by atoms with Crippen molar-refractivity contribution in [3.8, 4) is 22.8 Å². The molecule has 0 radical (unpaired) electrons. The first-order valence-electron chi connectivity index (χ1n) is 8.39. The largest absolute Gasteiger partial charge is 0.573 e. The second-order valence-electron chi connectivity index (χ2n) is 5.96. The average Bonchev–Trinajstić information content (AvgIpc) is 3.33. The van der Waals surface area contributed by atoms with Crippen LogP contribution in [0, 0.1) is 0 Å². The molecule has 4 rings (SSSR count). The molecule has 1 amide bonds. The van der Waals surface area contributed by atoms with Gasteiger partial charge in [-0.25, -0.2) is 4.98 Å². The molecule has 2 heterocycles. The minimum absolute atomic E-state index is 0.0406. The van der Waals surface area contributed by atoms with Crippen LogP contribution in [0.5, 0.6) is 11.5 Å². The maximum Gasteiger partial charge on any atom is 0.573 e. The lowest BCUT2D eigenvalue weighted by molar-refractivity contribution is -0.274. The van der Waals surface area contributed by atoms with Crippen molar-refractivity contribution in [2.24, 2.45) is 0 Å². The van der Waals surface area contributed by atoms with Crippen LogP contribution >= 0.6 is 11.3 Å². The number of hydrogen-bond donors (Lipinski definition) is 1. The molecule has 0 saturated carbocycles. The van der Waals surface area contributed by atoms with Gasteiger partial charge in [-0.05, 0) is 36.4 Å². The van der Waals surface area contributed by atoms with Gasteiger partial charge in [-0.3, -0.25) is 10.1 Å². The van der Waals surface area contributed by atoms with Crippen LogP contribution in [-0.2, 0) is 0 Å². The highest BCUT2D eigenvalue weighted by atomic mass is 32.1. The number of benzene rings is 2. The van der Waals surface area contributed by atoms with Gasteiger partial charge in [-0.1, -0.05) is 16.5 Å². The lowest BCUT2D eigenvalue weighted by Crippen LogP contribution is -2.16. The van der Waals surface area contributed by atoms with Crippen molar-refractivity contribution in [1.29, 1.82) is 0 Å². The lowest BCUT2D eigenvalue weighted by Gasteiger charge is -2.07. The van der Waals surface area contributed by atoms with Crippen LogP contribution in [0.15, 0.2) is 53.1 Å². The van der Waals surface area contributed by atoms with E-state index in [4.69, 9.17) is 9.26 Å². The summed E-state index contributed by atoms with van der Waals surface area (Å²) in [5.41, 5.74) is 1.61. The molecule has 2 aromatic carbocycles. The number of carbonyl (C=O) groups is 1. The lowest BCUT2D eigenvalue weighted by atomic mass is 10.1. The van der Waals surface area contributed by atoms with E-state index in [1.807, 2.05) is 0 Å². The highest BCUT2D eigenvalue weighted by molar-refractivity contribution is 7.22. The minimum Gasteiger partial charge on any atom is -0.497 e. The van der Waals surface area contributed by atoms with E-state index in [9.17, 15) is 18.0 Å². The first-order chi connectivity index (χ1) is 14.3. The fraction of sp³-hybridized carbons (Fsp3) is 0.105. The van der Waals surface area contributed by atoms with Crippen molar-refractivity contribution in [1.82, 2.24) is 10.1 Å². The Hall–Kier alpha value is -3.60. The van der Waals surface area contributed by atoms with Gasteiger partial charge in [0.05, 0.1) is 17.3 Å². The zero-order valence-electron chi connectivity index (χ0n) is 15.2. The van der Waals surface area contributed by atoms with Crippen LogP contribution < -0.4 is 14.8 Å². The third-order valence-corrected chi connectivity index (χ3v) is 4.87. The molecule has 4 aromatic rings. The third kappa shape index (κ3) is 4.35. The van der Waals surface area contributed by atoms with Gasteiger partial charge < -0.3 is 14.0 Å². The number of hydrogen-bond acceptors (Lipinski definition) is 7. The van der Waals surface area contributed by atoms with Crippen molar-refractivity contribution in [2.45, 2.75) is 6.36 Å². The number of methoxy groups -OCH3 is 1. The van der Waals surface area contributed by atoms with Crippen LogP contribution in [0.1, 0.15) is 10.6 Å². The molecule has 0 spiro atoms. The van der Waals surface area contributed by atoms with Gasteiger partial charge in [0.25, 0.3) is 5.91 Å². The zero-order chi connectivity index (χ0) is 21.3. The topological polar surface area (TPSA) is 86.5 Å². The first-order valence-corrected chi connectivity index (χ1v) is 9.21. The summed E-state index contributed by atoms with van der Waals surface area (Å²) in [6, 6.07) is 12.2. The molecule has 11 heteroatoms. The van der Waals surface area contributed by atoms with Gasteiger partial charge in [-0.2, -0.15) is 0 Å². The Balaban J connectivity index is 1.49. The first kappa shape index (κ1) is 19.7. The third-order valence-electron chi connectivity index (χ3n) is 3.93. The highest BCUT2D eigenvalue weighted by Gasteiger charge is 2.31. The summed E-state index contributed by atoms with van der Waals surface area (Å²) in [6.07, 6.45) is -4.79. The number of amides is 1. The van der Waals surface area contributed by atoms with Gasteiger partial charge in [-0.15, -0.1) is 13.2 Å². The Kier molecular flexibility index (Phi) is 5.04. The molecule has 154 valence electrons. The summed E-state index contributed by atoms with van der Waals surface area (Å²) in [5, 5.41) is 6.62. The summed E-state index contributed by atoms with van der Waals surface area (Å²) in [6.45, 7) is 0. The molecule has 1 N–H and O–H groups in total. The van der Waals surface area contributed by atoms with E-state index >= 15 is 0 Å². The summed E-state index contributed by atoms with van der Waals surface area (Å²) in [4.78, 5) is 16.6. The Morgan fingerprint density at radius 3 is 2.53 bits per heavy atom. The van der Waals surface area contributed by atoms with Gasteiger partial charge in [0, 0.05) is 17.7 Å². The van der Waals surface area contributed by atoms with Gasteiger partial charge in [0.2, 0.25) is 5.76 Å². The van der Waals surface area contributed by atoms with Crippen molar-refractivity contribution < 1.29 is 32.0 Å². The zero-order valence-corrected chi connectivity index (χ0v) is 16.0. The Labute approximate surface area is 171 Å². The molecule has 0 fully saturated rings. The van der Waals surface area contributed by atoms with Crippen LogP contribution in [0.25, 0.3) is 21.5 Å². The fourth-order valence-corrected chi connectivity index (χ4v) is 3.48. The molecular weight excluding hydrogens is 423 g/mol. The number of alkyl halides is 3. The van der Waals surface area contributed by atoms with Crippen LogP contribution in [0.4, 0.5) is 18.3 Å². The maximum absolute atomic E-state index is 12.4. The molecule has 0 aliphatic rings. The predicted octanol–water partition coefficient (Wildman–Crippen LogP) is 5.11. The second kappa shape index (κ2) is 7.67. The van der Waals surface area contributed by atoms with Crippen molar-refractivity contribution >= 4 is 32.6 Å². The fourth-order valence-electron chi connectivity index (χ4n) is 2.59. The van der Waals surface area contributed by atoms with E-state index in [-0.39, 0.29) is 16.6 Å². The number of halogens is 3. The molecule has 0 aliphatic carbocycles. The number of carbonyl (C=O) groups excluding carboxylic acids is 1. The average molecular weight is 435 g/mol. The van der Waals surface area contributed by atoms with E-state index < -0.39 is 12.3 Å². The van der Waals surface area contributed by atoms with Crippen LogP contribution in [0.2, 0.25) is 0 Å². The summed E-state index contributed by atoms with van der Waals surface area (Å²) < 4.78 is 51.6. The maximum atomic E-state index is 12.4. The normalized spacial score (nSPS) is 11.5. The number of aromatic nitrogens is 2. The summed E-state index contributed by atoms with van der Waals surface area (Å²) in [7, 11) is 1.56. The molecule has 0 bridgehead atoms. The Morgan fingerprint density at radius 2 is 1.83 bits per heavy atom. The second-order valence-corrected chi connectivity index (χ2v) is 6.99. The molecule has 7 nitrogen and oxygen atoms in total. The van der Waals surface area contributed by atoms with E-state index in [1.54, 1.807) is 31.4 Å². The number of ether oxygens (including phenoxy) is 2. The SMILES string of the molecule is COc1ccc(-c2cc(C(=O)Nc3nc4ccc(OC(F)(F)F)cc4s3)on2)cc1. The highest BCUT2D eigenvalue weighted by Crippen LogP contribution is 2.32. The van der Waals surface area contributed by atoms with E-state index in [1.165, 1.54) is 18.2 Å². The summed E-state index contributed by atoms with van der Waals surface area (Å²) in [5.74, 6) is -0.315. The number of nitrogens with one attached hydrogen (secondary N) is 1.